The number of nitrogens with two attached hydrogens (primary N) is 1. The molecule has 2 nitrogen and oxygen atoms in total. The van der Waals surface area contributed by atoms with Crippen molar-refractivity contribution in [1.82, 2.24) is 0 Å². The fraction of sp³-hybridized carbons (Fsp3) is 0.0714. The number of halogens is 2. The van der Waals surface area contributed by atoms with Gasteiger partial charge in [0.25, 0.3) is 0 Å². The van der Waals surface area contributed by atoms with E-state index in [0.717, 1.165) is 15.7 Å². The van der Waals surface area contributed by atoms with Crippen molar-refractivity contribution in [3.05, 3.63) is 63.9 Å². The number of anilines is 1. The van der Waals surface area contributed by atoms with Crippen LogP contribution in [0.1, 0.15) is 11.1 Å². The summed E-state index contributed by atoms with van der Waals surface area (Å²) in [4.78, 5) is 0.348. The molecule has 0 saturated heterocycles. The van der Waals surface area contributed by atoms with Gasteiger partial charge in [0, 0.05) is 27.8 Å². The molecule has 0 saturated carbocycles. The van der Waals surface area contributed by atoms with Crippen molar-refractivity contribution >= 4 is 38.8 Å². The molecule has 0 aliphatic carbocycles. The average molecular weight is 339 g/mol. The molecule has 3 N–H and O–H groups in total. The number of rotatable bonds is 4. The zero-order valence-corrected chi connectivity index (χ0v) is 12.4. The molecule has 0 aliphatic rings. The summed E-state index contributed by atoms with van der Waals surface area (Å²) in [6.07, 6.45) is 0. The fourth-order valence-electron chi connectivity index (χ4n) is 1.64. The molecule has 2 aromatic rings. The van der Waals surface area contributed by atoms with Gasteiger partial charge in [0.2, 0.25) is 0 Å². The van der Waals surface area contributed by atoms with Crippen molar-refractivity contribution < 1.29 is 4.39 Å². The Bertz CT molecular complexity index is 616. The minimum atomic E-state index is -0.217. The zero-order chi connectivity index (χ0) is 13.8. The Kier molecular flexibility index (Phi) is 4.50. The van der Waals surface area contributed by atoms with Crippen LogP contribution in [-0.4, -0.2) is 4.99 Å². The van der Waals surface area contributed by atoms with Crippen molar-refractivity contribution in [2.75, 3.05) is 5.32 Å². The van der Waals surface area contributed by atoms with Crippen LogP contribution < -0.4 is 11.1 Å². The van der Waals surface area contributed by atoms with E-state index < -0.39 is 0 Å². The van der Waals surface area contributed by atoms with Gasteiger partial charge in [-0.2, -0.15) is 0 Å². The summed E-state index contributed by atoms with van der Waals surface area (Å²) in [7, 11) is 0. The molecule has 0 aromatic heterocycles. The maximum absolute atomic E-state index is 13.5. The van der Waals surface area contributed by atoms with Crippen LogP contribution in [0.4, 0.5) is 10.1 Å². The van der Waals surface area contributed by atoms with Crippen LogP contribution in [0, 0.1) is 5.82 Å². The van der Waals surface area contributed by atoms with E-state index in [1.54, 1.807) is 12.1 Å². The van der Waals surface area contributed by atoms with E-state index in [0.29, 0.717) is 17.1 Å². The second-order valence-electron chi connectivity index (χ2n) is 4.00. The van der Waals surface area contributed by atoms with E-state index in [2.05, 4.69) is 21.2 Å². The molecular formula is C14H12BrFN2S. The lowest BCUT2D eigenvalue weighted by Gasteiger charge is -2.10. The van der Waals surface area contributed by atoms with E-state index in [1.807, 2.05) is 24.3 Å². The molecule has 98 valence electrons. The second kappa shape index (κ2) is 6.12. The predicted molar refractivity (Wildman–Crippen MR) is 83.8 cm³/mol. The summed E-state index contributed by atoms with van der Waals surface area (Å²) in [5, 5.41) is 3.17. The first-order chi connectivity index (χ1) is 9.08. The lowest BCUT2D eigenvalue weighted by atomic mass is 10.2. The number of nitrogens with one attached hydrogen (secondary N) is 1. The van der Waals surface area contributed by atoms with Crippen LogP contribution in [0.25, 0.3) is 0 Å². The molecule has 0 unspecified atom stereocenters. The molecule has 0 radical (unpaired) electrons. The fourth-order valence-corrected chi connectivity index (χ4v) is 2.29. The summed E-state index contributed by atoms with van der Waals surface area (Å²) in [5.41, 5.74) is 7.83. The van der Waals surface area contributed by atoms with Crippen molar-refractivity contribution in [1.29, 1.82) is 0 Å². The van der Waals surface area contributed by atoms with Gasteiger partial charge in [-0.05, 0) is 40.2 Å². The predicted octanol–water partition coefficient (Wildman–Crippen LogP) is 3.83. The Morgan fingerprint density at radius 3 is 2.63 bits per heavy atom. The highest BCUT2D eigenvalue weighted by Gasteiger charge is 2.05. The Balaban J connectivity index is 2.12. The van der Waals surface area contributed by atoms with Gasteiger partial charge < -0.3 is 11.1 Å². The molecule has 0 aliphatic heterocycles. The van der Waals surface area contributed by atoms with Gasteiger partial charge in [-0.3, -0.25) is 0 Å². The monoisotopic (exact) mass is 338 g/mol. The van der Waals surface area contributed by atoms with Crippen molar-refractivity contribution in [3.63, 3.8) is 0 Å². The molecule has 0 heterocycles. The van der Waals surface area contributed by atoms with Gasteiger partial charge in [-0.25, -0.2) is 4.39 Å². The van der Waals surface area contributed by atoms with E-state index in [9.17, 15) is 4.39 Å². The summed E-state index contributed by atoms with van der Waals surface area (Å²) in [6.45, 7) is 0.414. The van der Waals surface area contributed by atoms with Crippen LogP contribution in [0.15, 0.2) is 46.9 Å². The zero-order valence-electron chi connectivity index (χ0n) is 9.99. The molecular weight excluding hydrogens is 327 g/mol. The quantitative estimate of drug-likeness (QED) is 0.832. The van der Waals surface area contributed by atoms with Crippen LogP contribution >= 0.6 is 28.1 Å². The molecule has 2 aromatic carbocycles. The van der Waals surface area contributed by atoms with Crippen LogP contribution in [-0.2, 0) is 6.54 Å². The van der Waals surface area contributed by atoms with Gasteiger partial charge in [0.15, 0.2) is 0 Å². The average Bonchev–Trinajstić information content (AvgIpc) is 2.39. The van der Waals surface area contributed by atoms with E-state index >= 15 is 0 Å². The smallest absolute Gasteiger partial charge is 0.128 e. The van der Waals surface area contributed by atoms with Gasteiger partial charge >= 0.3 is 0 Å². The van der Waals surface area contributed by atoms with Crippen LogP contribution in [0.3, 0.4) is 0 Å². The molecule has 0 amide bonds. The maximum Gasteiger partial charge on any atom is 0.128 e. The van der Waals surface area contributed by atoms with Crippen molar-refractivity contribution in [2.24, 2.45) is 5.73 Å². The number of hydrogen-bond donors (Lipinski definition) is 2. The Morgan fingerprint density at radius 1 is 1.26 bits per heavy atom. The van der Waals surface area contributed by atoms with E-state index in [4.69, 9.17) is 18.0 Å². The first-order valence-corrected chi connectivity index (χ1v) is 6.84. The third kappa shape index (κ3) is 3.52. The largest absolute Gasteiger partial charge is 0.389 e. The number of hydrogen-bond acceptors (Lipinski definition) is 2. The summed E-state index contributed by atoms with van der Waals surface area (Å²) < 4.78 is 14.3. The van der Waals surface area contributed by atoms with Crippen LogP contribution in [0.2, 0.25) is 0 Å². The van der Waals surface area contributed by atoms with Gasteiger partial charge in [0.05, 0.1) is 0 Å². The SMILES string of the molecule is NC(=S)c1ccc(NCc2ccccc2F)c(Br)c1. The highest BCUT2D eigenvalue weighted by atomic mass is 79.9. The molecule has 0 bridgehead atoms. The van der Waals surface area contributed by atoms with E-state index in [1.165, 1.54) is 6.07 Å². The number of thiocarbonyl (C=S) groups is 1. The first kappa shape index (κ1) is 14.0. The lowest BCUT2D eigenvalue weighted by molar-refractivity contribution is 0.613. The molecule has 0 spiro atoms. The molecule has 0 atom stereocenters. The standard InChI is InChI=1S/C14H12BrFN2S/c15-11-7-9(14(17)19)5-6-13(11)18-8-10-3-1-2-4-12(10)16/h1-7,18H,8H2,(H2,17,19). The molecule has 0 fully saturated rings. The third-order valence-corrected chi connectivity index (χ3v) is 3.57. The number of benzene rings is 2. The van der Waals surface area contributed by atoms with Crippen molar-refractivity contribution in [3.8, 4) is 0 Å². The summed E-state index contributed by atoms with van der Waals surface area (Å²) >= 11 is 8.35. The van der Waals surface area contributed by atoms with Crippen molar-refractivity contribution in [2.45, 2.75) is 6.54 Å². The molecule has 5 heteroatoms. The van der Waals surface area contributed by atoms with Gasteiger partial charge in [0.1, 0.15) is 10.8 Å². The summed E-state index contributed by atoms with van der Waals surface area (Å²) in [5.74, 6) is -0.217. The molecule has 2 rings (SSSR count). The highest BCUT2D eigenvalue weighted by Crippen LogP contribution is 2.24. The van der Waals surface area contributed by atoms with E-state index in [-0.39, 0.29) is 5.82 Å². The Labute approximate surface area is 124 Å². The maximum atomic E-state index is 13.5. The van der Waals surface area contributed by atoms with Gasteiger partial charge in [-0.1, -0.05) is 30.4 Å². The summed E-state index contributed by atoms with van der Waals surface area (Å²) in [6, 6.07) is 12.2. The van der Waals surface area contributed by atoms with Gasteiger partial charge in [-0.15, -0.1) is 0 Å². The Morgan fingerprint density at radius 2 is 2.00 bits per heavy atom. The Hall–Kier alpha value is -1.46. The molecule has 19 heavy (non-hydrogen) atoms. The first-order valence-electron chi connectivity index (χ1n) is 5.64. The third-order valence-electron chi connectivity index (χ3n) is 2.68. The highest BCUT2D eigenvalue weighted by molar-refractivity contribution is 9.10. The topological polar surface area (TPSA) is 38.0 Å². The minimum Gasteiger partial charge on any atom is -0.389 e. The minimum absolute atomic E-state index is 0.217. The van der Waals surface area contributed by atoms with Crippen LogP contribution in [0.5, 0.6) is 0 Å². The second-order valence-corrected chi connectivity index (χ2v) is 5.30. The lowest BCUT2D eigenvalue weighted by Crippen LogP contribution is -2.09. The normalized spacial score (nSPS) is 10.2.